The molecule has 1 heterocycles. The maximum absolute atomic E-state index is 12.6. The van der Waals surface area contributed by atoms with E-state index in [1.807, 2.05) is 0 Å². The Morgan fingerprint density at radius 1 is 1.60 bits per heavy atom. The first-order valence-electron chi connectivity index (χ1n) is 4.01. The van der Waals surface area contributed by atoms with E-state index >= 15 is 0 Å². The van der Waals surface area contributed by atoms with Gasteiger partial charge in [-0.3, -0.25) is 0 Å². The quantitative estimate of drug-likeness (QED) is 0.812. The van der Waals surface area contributed by atoms with Crippen LogP contribution in [0, 0.1) is 11.3 Å². The Bertz CT molecular complexity index is 404. The van der Waals surface area contributed by atoms with Crippen molar-refractivity contribution in [3.63, 3.8) is 0 Å². The van der Waals surface area contributed by atoms with Crippen molar-refractivity contribution in [2.45, 2.75) is 18.9 Å². The molecule has 1 aromatic heterocycles. The smallest absolute Gasteiger partial charge is 0.267 e. The van der Waals surface area contributed by atoms with E-state index in [0.29, 0.717) is 5.69 Å². The minimum atomic E-state index is -2.83. The van der Waals surface area contributed by atoms with Gasteiger partial charge >= 0.3 is 0 Å². The van der Waals surface area contributed by atoms with Crippen LogP contribution in [0.3, 0.4) is 0 Å². The van der Waals surface area contributed by atoms with Gasteiger partial charge in [0.2, 0.25) is 0 Å². The van der Waals surface area contributed by atoms with Gasteiger partial charge in [0, 0.05) is 0 Å². The highest BCUT2D eigenvalue weighted by Gasteiger charge is 2.19. The number of nitrogens with zero attached hydrogens (tertiary/aromatic N) is 2. The third-order valence-electron chi connectivity index (χ3n) is 1.83. The van der Waals surface area contributed by atoms with Crippen LogP contribution in [0.1, 0.15) is 28.9 Å². The summed E-state index contributed by atoms with van der Waals surface area (Å²) in [7, 11) is 0. The maximum atomic E-state index is 12.6. The number of hydrogen-bond donors (Lipinski definition) is 1. The lowest BCUT2D eigenvalue weighted by Crippen LogP contribution is -2.04. The second-order valence-corrected chi connectivity index (χ2v) is 3.01. The monoisotopic (exact) mass is 232 g/mol. The lowest BCUT2D eigenvalue weighted by Gasteiger charge is -2.09. The zero-order chi connectivity index (χ0) is 11.4. The Morgan fingerprint density at radius 2 is 2.27 bits per heavy atom. The van der Waals surface area contributed by atoms with E-state index in [2.05, 4.69) is 4.98 Å². The van der Waals surface area contributed by atoms with Crippen molar-refractivity contribution in [3.05, 3.63) is 28.6 Å². The summed E-state index contributed by atoms with van der Waals surface area (Å²) in [5, 5.41) is 17.5. The molecule has 0 saturated heterocycles. The van der Waals surface area contributed by atoms with E-state index in [0.717, 1.165) is 0 Å². The number of aliphatic hydroxyl groups is 1. The molecule has 15 heavy (non-hydrogen) atoms. The molecule has 0 aliphatic carbocycles. The van der Waals surface area contributed by atoms with Crippen LogP contribution >= 0.6 is 11.6 Å². The van der Waals surface area contributed by atoms with E-state index in [-0.39, 0.29) is 17.1 Å². The van der Waals surface area contributed by atoms with Crippen molar-refractivity contribution in [2.75, 3.05) is 0 Å². The maximum Gasteiger partial charge on any atom is 0.267 e. The molecular formula is C9H7ClF2N2O. The predicted molar refractivity (Wildman–Crippen MR) is 49.4 cm³/mol. The lowest BCUT2D eigenvalue weighted by molar-refractivity contribution is 0.146. The molecule has 0 atom stereocenters. The van der Waals surface area contributed by atoms with Crippen molar-refractivity contribution in [3.8, 4) is 6.07 Å². The number of aromatic nitrogens is 1. The third-order valence-corrected chi connectivity index (χ3v) is 2.10. The van der Waals surface area contributed by atoms with Crippen molar-refractivity contribution < 1.29 is 13.9 Å². The molecule has 80 valence electrons. The Labute approximate surface area is 89.9 Å². The summed E-state index contributed by atoms with van der Waals surface area (Å²) in [5.41, 5.74) is -0.616. The number of halogens is 3. The summed E-state index contributed by atoms with van der Waals surface area (Å²) < 4.78 is 25.1. The molecule has 1 N–H and O–H groups in total. The van der Waals surface area contributed by atoms with Gasteiger partial charge in [-0.1, -0.05) is 0 Å². The average Bonchev–Trinajstić information content (AvgIpc) is 2.26. The molecule has 0 bridgehead atoms. The minimum absolute atomic E-state index is 0.00516. The molecule has 1 rings (SSSR count). The third kappa shape index (κ3) is 2.41. The molecule has 0 saturated carbocycles. The number of pyridine rings is 1. The second-order valence-electron chi connectivity index (χ2n) is 2.74. The fraction of sp³-hybridized carbons (Fsp3) is 0.333. The van der Waals surface area contributed by atoms with Gasteiger partial charge in [-0.2, -0.15) is 5.26 Å². The zero-order valence-electron chi connectivity index (χ0n) is 7.54. The van der Waals surface area contributed by atoms with Gasteiger partial charge in [-0.05, 0) is 11.6 Å². The summed E-state index contributed by atoms with van der Waals surface area (Å²) >= 11 is 5.48. The fourth-order valence-corrected chi connectivity index (χ4v) is 1.33. The van der Waals surface area contributed by atoms with E-state index in [1.54, 1.807) is 6.07 Å². The molecule has 0 spiro atoms. The minimum Gasteiger partial charge on any atom is -0.392 e. The van der Waals surface area contributed by atoms with Crippen molar-refractivity contribution in [1.82, 2.24) is 4.98 Å². The van der Waals surface area contributed by atoms with Crippen LogP contribution in [-0.2, 0) is 12.5 Å². The molecule has 0 unspecified atom stereocenters. The van der Waals surface area contributed by atoms with Gasteiger partial charge in [0.1, 0.15) is 11.8 Å². The highest BCUT2D eigenvalue weighted by atomic mass is 35.5. The Balaban J connectivity index is 3.41. The Hall–Kier alpha value is -1.25. The van der Waals surface area contributed by atoms with E-state index in [9.17, 15) is 8.78 Å². The molecule has 0 radical (unpaired) electrons. The molecular weight excluding hydrogens is 226 g/mol. The van der Waals surface area contributed by atoms with Crippen LogP contribution in [0.25, 0.3) is 0 Å². The van der Waals surface area contributed by atoms with Crippen molar-refractivity contribution in [1.29, 1.82) is 5.26 Å². The fourth-order valence-electron chi connectivity index (χ4n) is 1.20. The van der Waals surface area contributed by atoms with Crippen LogP contribution < -0.4 is 0 Å². The Kier molecular flexibility index (Phi) is 3.95. The van der Waals surface area contributed by atoms with Crippen molar-refractivity contribution in [2.24, 2.45) is 0 Å². The van der Waals surface area contributed by atoms with E-state index in [1.165, 1.54) is 6.07 Å². The molecule has 0 amide bonds. The summed E-state index contributed by atoms with van der Waals surface area (Å²) in [6.07, 6.45) is -2.83. The van der Waals surface area contributed by atoms with Crippen LogP contribution in [0.15, 0.2) is 6.07 Å². The van der Waals surface area contributed by atoms with Crippen molar-refractivity contribution >= 4 is 11.6 Å². The topological polar surface area (TPSA) is 56.9 Å². The number of alkyl halides is 3. The molecule has 1 aromatic rings. The van der Waals surface area contributed by atoms with Gasteiger partial charge in [0.05, 0.1) is 23.7 Å². The number of rotatable bonds is 3. The second kappa shape index (κ2) is 5.01. The number of nitriles is 1. The first kappa shape index (κ1) is 11.8. The first-order chi connectivity index (χ1) is 7.13. The Morgan fingerprint density at radius 3 is 2.67 bits per heavy atom. The van der Waals surface area contributed by atoms with E-state index in [4.69, 9.17) is 22.0 Å². The van der Waals surface area contributed by atoms with Crippen LogP contribution in [-0.4, -0.2) is 10.1 Å². The highest BCUT2D eigenvalue weighted by molar-refractivity contribution is 6.16. The summed E-state index contributed by atoms with van der Waals surface area (Å²) in [4.78, 5) is 3.66. The zero-order valence-corrected chi connectivity index (χ0v) is 8.30. The normalized spacial score (nSPS) is 10.4. The highest BCUT2D eigenvalue weighted by Crippen LogP contribution is 2.26. The molecule has 0 aromatic carbocycles. The van der Waals surface area contributed by atoms with Gasteiger partial charge in [-0.25, -0.2) is 13.8 Å². The average molecular weight is 233 g/mol. The first-order valence-corrected chi connectivity index (χ1v) is 4.55. The van der Waals surface area contributed by atoms with Crippen LogP contribution in [0.4, 0.5) is 8.78 Å². The van der Waals surface area contributed by atoms with Gasteiger partial charge in [-0.15, -0.1) is 11.6 Å². The molecule has 0 aliphatic heterocycles. The molecule has 0 aliphatic rings. The van der Waals surface area contributed by atoms with Crippen LogP contribution in [0.2, 0.25) is 0 Å². The van der Waals surface area contributed by atoms with Gasteiger partial charge < -0.3 is 5.11 Å². The predicted octanol–water partition coefficient (Wildman–Crippen LogP) is 2.12. The largest absolute Gasteiger partial charge is 0.392 e. The molecule has 3 nitrogen and oxygen atoms in total. The summed E-state index contributed by atoms with van der Waals surface area (Å²) in [6.45, 7) is -0.569. The summed E-state index contributed by atoms with van der Waals surface area (Å²) in [5.74, 6) is 0.00516. The lowest BCUT2D eigenvalue weighted by atomic mass is 10.1. The van der Waals surface area contributed by atoms with Gasteiger partial charge in [0.25, 0.3) is 6.43 Å². The SMILES string of the molecule is N#Cc1nc(CCl)cc(CO)c1C(F)F. The van der Waals surface area contributed by atoms with Gasteiger partial charge in [0.15, 0.2) is 0 Å². The number of hydrogen-bond acceptors (Lipinski definition) is 3. The molecule has 6 heteroatoms. The van der Waals surface area contributed by atoms with E-state index < -0.39 is 18.6 Å². The molecule has 0 fully saturated rings. The standard InChI is InChI=1S/C9H7ClF2N2O/c10-2-6-1-5(4-15)8(9(11)12)7(3-13)14-6/h1,9,15H,2,4H2. The number of aliphatic hydroxyl groups excluding tert-OH is 1. The summed E-state index contributed by atoms with van der Waals surface area (Å²) in [6, 6.07) is 2.84. The van der Waals surface area contributed by atoms with Crippen LogP contribution in [0.5, 0.6) is 0 Å².